The van der Waals surface area contributed by atoms with Gasteiger partial charge in [-0.25, -0.2) is 4.98 Å². The quantitative estimate of drug-likeness (QED) is 0.633. The molecule has 1 N–H and O–H groups in total. The zero-order valence-corrected chi connectivity index (χ0v) is 11.0. The number of para-hydroxylation sites is 1. The summed E-state index contributed by atoms with van der Waals surface area (Å²) in [4.78, 5) is 5.56. The summed E-state index contributed by atoms with van der Waals surface area (Å²) in [6.07, 6.45) is 3.28. The molecule has 0 saturated carbocycles. The normalized spacial score (nSPS) is 13.6. The standard InChI is InChI=1S/C13H11BClN3O/c1-9-4-2-3-5-11(9)18-14(19)12-10(8-17-18)6-7-16-13(12)15/h2-8,19H,1H3. The zero-order chi connectivity index (χ0) is 13.4. The molecule has 0 atom stereocenters. The van der Waals surface area contributed by atoms with Gasteiger partial charge in [0.05, 0.1) is 11.9 Å². The molecule has 0 saturated heterocycles. The highest BCUT2D eigenvalue weighted by Gasteiger charge is 2.33. The third-order valence-electron chi connectivity index (χ3n) is 3.15. The molecule has 1 aliphatic heterocycles. The van der Waals surface area contributed by atoms with E-state index in [9.17, 15) is 5.02 Å². The lowest BCUT2D eigenvalue weighted by molar-refractivity contribution is 0.578. The largest absolute Gasteiger partial charge is 0.474 e. The number of rotatable bonds is 1. The number of anilines is 1. The molecule has 1 aromatic carbocycles. The van der Waals surface area contributed by atoms with Crippen LogP contribution in [0.4, 0.5) is 5.69 Å². The molecule has 19 heavy (non-hydrogen) atoms. The van der Waals surface area contributed by atoms with Gasteiger partial charge in [0.25, 0.3) is 0 Å². The van der Waals surface area contributed by atoms with Gasteiger partial charge in [0, 0.05) is 11.7 Å². The van der Waals surface area contributed by atoms with Crippen LogP contribution in [0.1, 0.15) is 11.1 Å². The number of aromatic nitrogens is 1. The molecule has 3 rings (SSSR count). The van der Waals surface area contributed by atoms with E-state index in [-0.39, 0.29) is 0 Å². The van der Waals surface area contributed by atoms with E-state index in [4.69, 9.17) is 11.6 Å². The molecule has 0 fully saturated rings. The minimum atomic E-state index is -0.928. The van der Waals surface area contributed by atoms with E-state index in [1.165, 1.54) is 0 Å². The summed E-state index contributed by atoms with van der Waals surface area (Å²) in [5, 5.41) is 15.1. The molecule has 0 spiro atoms. The van der Waals surface area contributed by atoms with Crippen molar-refractivity contribution in [3.05, 3.63) is 52.8 Å². The third-order valence-corrected chi connectivity index (χ3v) is 3.45. The molecule has 1 aliphatic rings. The molecule has 2 aromatic rings. The molecule has 0 bridgehead atoms. The van der Waals surface area contributed by atoms with Crippen molar-refractivity contribution in [2.45, 2.75) is 6.92 Å². The lowest BCUT2D eigenvalue weighted by Gasteiger charge is -2.28. The molecule has 0 aliphatic carbocycles. The average molecular weight is 272 g/mol. The van der Waals surface area contributed by atoms with Crippen LogP contribution >= 0.6 is 11.6 Å². The van der Waals surface area contributed by atoms with Crippen molar-refractivity contribution < 1.29 is 5.02 Å². The zero-order valence-electron chi connectivity index (χ0n) is 10.3. The Balaban J connectivity index is 2.10. The molecular weight excluding hydrogens is 260 g/mol. The highest BCUT2D eigenvalue weighted by Crippen LogP contribution is 2.23. The molecule has 2 heterocycles. The minimum absolute atomic E-state index is 0.301. The molecule has 1 aromatic heterocycles. The topological polar surface area (TPSA) is 48.7 Å². The van der Waals surface area contributed by atoms with Crippen molar-refractivity contribution >= 4 is 36.0 Å². The Hall–Kier alpha value is -1.85. The van der Waals surface area contributed by atoms with Crippen LogP contribution in [-0.4, -0.2) is 23.3 Å². The van der Waals surface area contributed by atoms with Gasteiger partial charge >= 0.3 is 7.05 Å². The SMILES string of the molecule is Cc1ccccc1N1N=Cc2ccnc(Cl)c2B1O. The van der Waals surface area contributed by atoms with Gasteiger partial charge in [-0.05, 0) is 30.2 Å². The first-order valence-electron chi connectivity index (χ1n) is 5.90. The fraction of sp³-hybridized carbons (Fsp3) is 0.0769. The Morgan fingerprint density at radius 1 is 1.26 bits per heavy atom. The first kappa shape index (κ1) is 12.2. The van der Waals surface area contributed by atoms with Gasteiger partial charge in [-0.2, -0.15) is 5.10 Å². The molecular formula is C13H11BClN3O. The summed E-state index contributed by atoms with van der Waals surface area (Å²) in [5.41, 5.74) is 3.25. The fourth-order valence-electron chi connectivity index (χ4n) is 2.15. The van der Waals surface area contributed by atoms with Gasteiger partial charge in [-0.1, -0.05) is 29.8 Å². The predicted molar refractivity (Wildman–Crippen MR) is 78.1 cm³/mol. The van der Waals surface area contributed by atoms with Crippen LogP contribution in [0.2, 0.25) is 5.15 Å². The van der Waals surface area contributed by atoms with E-state index in [1.54, 1.807) is 23.4 Å². The van der Waals surface area contributed by atoms with Crippen molar-refractivity contribution in [1.29, 1.82) is 0 Å². The summed E-state index contributed by atoms with van der Waals surface area (Å²) < 4.78 is 0. The monoisotopic (exact) mass is 271 g/mol. The van der Waals surface area contributed by atoms with E-state index in [0.29, 0.717) is 10.6 Å². The van der Waals surface area contributed by atoms with E-state index >= 15 is 0 Å². The van der Waals surface area contributed by atoms with Gasteiger partial charge in [0.1, 0.15) is 5.15 Å². The molecule has 4 nitrogen and oxygen atoms in total. The number of benzene rings is 1. The number of hydrazone groups is 1. The van der Waals surface area contributed by atoms with Crippen LogP contribution < -0.4 is 10.4 Å². The maximum Gasteiger partial charge on any atom is 0.474 e. The summed E-state index contributed by atoms with van der Waals surface area (Å²) in [7, 11) is -0.928. The van der Waals surface area contributed by atoms with Crippen LogP contribution in [-0.2, 0) is 0 Å². The number of halogens is 1. The number of pyridine rings is 1. The Labute approximate surface area is 116 Å². The van der Waals surface area contributed by atoms with E-state index in [0.717, 1.165) is 16.8 Å². The first-order valence-corrected chi connectivity index (χ1v) is 6.27. The highest BCUT2D eigenvalue weighted by atomic mass is 35.5. The number of hydrogen-bond acceptors (Lipinski definition) is 4. The van der Waals surface area contributed by atoms with E-state index < -0.39 is 7.05 Å². The van der Waals surface area contributed by atoms with E-state index in [2.05, 4.69) is 10.1 Å². The Morgan fingerprint density at radius 3 is 2.84 bits per heavy atom. The minimum Gasteiger partial charge on any atom is -0.427 e. The summed E-state index contributed by atoms with van der Waals surface area (Å²) in [6, 6.07) is 9.51. The second-order valence-corrected chi connectivity index (χ2v) is 4.71. The number of hydrogen-bond donors (Lipinski definition) is 1. The molecule has 0 amide bonds. The second kappa shape index (κ2) is 4.68. The van der Waals surface area contributed by atoms with Crippen LogP contribution in [0.3, 0.4) is 0 Å². The third kappa shape index (κ3) is 2.01. The average Bonchev–Trinajstić information content (AvgIpc) is 2.40. The Bertz CT molecular complexity index is 662. The second-order valence-electron chi connectivity index (χ2n) is 4.35. The molecule has 94 valence electrons. The van der Waals surface area contributed by atoms with Crippen LogP contribution in [0.5, 0.6) is 0 Å². The summed E-state index contributed by atoms with van der Waals surface area (Å²) in [6.45, 7) is 1.97. The smallest absolute Gasteiger partial charge is 0.427 e. The maximum absolute atomic E-state index is 10.5. The Morgan fingerprint density at radius 2 is 2.05 bits per heavy atom. The van der Waals surface area contributed by atoms with Crippen molar-refractivity contribution in [2.75, 3.05) is 4.92 Å². The maximum atomic E-state index is 10.5. The van der Waals surface area contributed by atoms with Gasteiger partial charge in [-0.15, -0.1) is 0 Å². The van der Waals surface area contributed by atoms with Gasteiger partial charge in [0.2, 0.25) is 0 Å². The molecule has 0 radical (unpaired) electrons. The van der Waals surface area contributed by atoms with Crippen molar-refractivity contribution in [1.82, 2.24) is 4.98 Å². The lowest BCUT2D eigenvalue weighted by atomic mass is 9.70. The van der Waals surface area contributed by atoms with E-state index in [1.807, 2.05) is 31.2 Å². The lowest BCUT2D eigenvalue weighted by Crippen LogP contribution is -2.51. The molecule has 0 unspecified atom stereocenters. The fourth-order valence-corrected chi connectivity index (χ4v) is 2.42. The van der Waals surface area contributed by atoms with Gasteiger partial charge in [0.15, 0.2) is 0 Å². The Kier molecular flexibility index (Phi) is 3.01. The molecule has 6 heteroatoms. The van der Waals surface area contributed by atoms with Crippen molar-refractivity contribution in [2.24, 2.45) is 5.10 Å². The summed E-state index contributed by atoms with van der Waals surface area (Å²) >= 11 is 6.07. The van der Waals surface area contributed by atoms with Crippen LogP contribution in [0.15, 0.2) is 41.6 Å². The van der Waals surface area contributed by atoms with Gasteiger partial charge < -0.3 is 5.02 Å². The van der Waals surface area contributed by atoms with Crippen LogP contribution in [0, 0.1) is 6.92 Å². The van der Waals surface area contributed by atoms with Gasteiger partial charge in [-0.3, -0.25) is 4.92 Å². The number of nitrogens with zero attached hydrogens (tertiary/aromatic N) is 3. The predicted octanol–water partition coefficient (Wildman–Crippen LogP) is 1.59. The van der Waals surface area contributed by atoms with Crippen molar-refractivity contribution in [3.8, 4) is 0 Å². The van der Waals surface area contributed by atoms with Crippen molar-refractivity contribution in [3.63, 3.8) is 0 Å². The number of aryl methyl sites for hydroxylation is 1. The van der Waals surface area contributed by atoms with Crippen LogP contribution in [0.25, 0.3) is 0 Å². The number of fused-ring (bicyclic) bond motifs is 1. The highest BCUT2D eigenvalue weighted by molar-refractivity contribution is 6.74. The summed E-state index contributed by atoms with van der Waals surface area (Å²) in [5.74, 6) is 0. The first-order chi connectivity index (χ1) is 9.18.